The molecule has 0 radical (unpaired) electrons. The van der Waals surface area contributed by atoms with Crippen molar-refractivity contribution in [2.75, 3.05) is 6.54 Å². The molecule has 3 nitrogen and oxygen atoms in total. The first-order valence-electron chi connectivity index (χ1n) is 6.79. The molecule has 0 aromatic heterocycles. The zero-order chi connectivity index (χ0) is 15.7. The number of carbonyl (C=O) groups is 2. The third-order valence-corrected chi connectivity index (χ3v) is 3.15. The van der Waals surface area contributed by atoms with E-state index in [1.807, 2.05) is 56.3 Å². The summed E-state index contributed by atoms with van der Waals surface area (Å²) in [6, 6.07) is 15.1. The average molecular weight is 348 g/mol. The molecular formula is C17H18BrNO2. The summed E-state index contributed by atoms with van der Waals surface area (Å²) in [5, 5.41) is 2.56. The van der Waals surface area contributed by atoms with Gasteiger partial charge in [0.1, 0.15) is 6.29 Å². The molecule has 0 heterocycles. The molecular weight excluding hydrogens is 330 g/mol. The van der Waals surface area contributed by atoms with Crippen LogP contribution in [0.2, 0.25) is 0 Å². The van der Waals surface area contributed by atoms with Crippen molar-refractivity contribution in [2.45, 2.75) is 13.8 Å². The highest BCUT2D eigenvalue weighted by Gasteiger charge is 2.12. The summed E-state index contributed by atoms with van der Waals surface area (Å²) in [6.07, 6.45) is 0.666. The van der Waals surface area contributed by atoms with Gasteiger partial charge in [0.25, 0.3) is 5.91 Å². The van der Waals surface area contributed by atoms with Crippen LogP contribution < -0.4 is 5.32 Å². The van der Waals surface area contributed by atoms with Gasteiger partial charge in [0.15, 0.2) is 0 Å². The monoisotopic (exact) mass is 347 g/mol. The number of halogens is 1. The molecule has 0 saturated carbocycles. The number of hydrogen-bond donors (Lipinski definition) is 1. The Balaban J connectivity index is 0.00000106. The van der Waals surface area contributed by atoms with Gasteiger partial charge in [-0.2, -0.15) is 0 Å². The van der Waals surface area contributed by atoms with Gasteiger partial charge >= 0.3 is 0 Å². The van der Waals surface area contributed by atoms with Crippen LogP contribution in [-0.4, -0.2) is 18.7 Å². The van der Waals surface area contributed by atoms with E-state index in [1.165, 1.54) is 0 Å². The SMILES string of the molecule is CC.O=CCNC(=O)c1ccc(Br)cc1-c1ccccc1. The van der Waals surface area contributed by atoms with E-state index in [0.29, 0.717) is 11.8 Å². The second-order valence-corrected chi connectivity index (χ2v) is 4.85. The van der Waals surface area contributed by atoms with Crippen LogP contribution in [0.1, 0.15) is 24.2 Å². The van der Waals surface area contributed by atoms with Crippen LogP contribution in [0.15, 0.2) is 53.0 Å². The van der Waals surface area contributed by atoms with E-state index in [2.05, 4.69) is 21.2 Å². The van der Waals surface area contributed by atoms with Gasteiger partial charge in [-0.15, -0.1) is 0 Å². The van der Waals surface area contributed by atoms with Crippen LogP contribution in [0.4, 0.5) is 0 Å². The summed E-state index contributed by atoms with van der Waals surface area (Å²) in [6.45, 7) is 4.02. The average Bonchev–Trinajstić information content (AvgIpc) is 2.55. The summed E-state index contributed by atoms with van der Waals surface area (Å²) >= 11 is 3.41. The number of amides is 1. The molecule has 4 heteroatoms. The summed E-state index contributed by atoms with van der Waals surface area (Å²) < 4.78 is 0.901. The molecule has 0 aliphatic carbocycles. The summed E-state index contributed by atoms with van der Waals surface area (Å²) in [5.41, 5.74) is 2.34. The minimum absolute atomic E-state index is 0.0170. The van der Waals surface area contributed by atoms with Crippen LogP contribution in [-0.2, 0) is 4.79 Å². The maximum absolute atomic E-state index is 12.0. The second kappa shape index (κ2) is 9.08. The van der Waals surface area contributed by atoms with Gasteiger partial charge in [0.05, 0.1) is 6.54 Å². The zero-order valence-corrected chi connectivity index (χ0v) is 13.7. The summed E-state index contributed by atoms with van der Waals surface area (Å²) in [4.78, 5) is 22.4. The highest BCUT2D eigenvalue weighted by molar-refractivity contribution is 9.10. The van der Waals surface area contributed by atoms with Gasteiger partial charge in [0, 0.05) is 10.0 Å². The fourth-order valence-electron chi connectivity index (χ4n) is 1.80. The van der Waals surface area contributed by atoms with Gasteiger partial charge < -0.3 is 10.1 Å². The van der Waals surface area contributed by atoms with Crippen molar-refractivity contribution in [1.82, 2.24) is 5.32 Å². The number of benzene rings is 2. The Labute approximate surface area is 133 Å². The molecule has 0 saturated heterocycles. The van der Waals surface area contributed by atoms with Crippen LogP contribution in [0.5, 0.6) is 0 Å². The molecule has 1 amide bonds. The molecule has 0 aliphatic rings. The first-order valence-corrected chi connectivity index (χ1v) is 7.58. The number of nitrogens with one attached hydrogen (secondary N) is 1. The molecule has 2 aromatic carbocycles. The number of rotatable bonds is 4. The lowest BCUT2D eigenvalue weighted by atomic mass is 9.99. The zero-order valence-electron chi connectivity index (χ0n) is 12.1. The molecule has 0 aliphatic heterocycles. The Hall–Kier alpha value is -1.94. The number of hydrogen-bond acceptors (Lipinski definition) is 2. The van der Waals surface area contributed by atoms with Crippen molar-refractivity contribution < 1.29 is 9.59 Å². The fraction of sp³-hybridized carbons (Fsp3) is 0.176. The van der Waals surface area contributed by atoms with Crippen molar-refractivity contribution in [1.29, 1.82) is 0 Å². The topological polar surface area (TPSA) is 46.2 Å². The molecule has 110 valence electrons. The molecule has 0 unspecified atom stereocenters. The van der Waals surface area contributed by atoms with E-state index >= 15 is 0 Å². The Kier molecular flexibility index (Phi) is 7.40. The maximum Gasteiger partial charge on any atom is 0.252 e. The Morgan fingerprint density at radius 2 is 1.81 bits per heavy atom. The first kappa shape index (κ1) is 17.1. The van der Waals surface area contributed by atoms with E-state index in [4.69, 9.17) is 0 Å². The summed E-state index contributed by atoms with van der Waals surface area (Å²) in [7, 11) is 0. The largest absolute Gasteiger partial charge is 0.345 e. The van der Waals surface area contributed by atoms with Gasteiger partial charge in [-0.1, -0.05) is 60.1 Å². The second-order valence-electron chi connectivity index (χ2n) is 3.93. The maximum atomic E-state index is 12.0. The van der Waals surface area contributed by atoms with Gasteiger partial charge in [-0.3, -0.25) is 4.79 Å². The number of carbonyl (C=O) groups excluding carboxylic acids is 2. The predicted molar refractivity (Wildman–Crippen MR) is 89.3 cm³/mol. The van der Waals surface area contributed by atoms with Crippen molar-refractivity contribution in [3.63, 3.8) is 0 Å². The van der Waals surface area contributed by atoms with Gasteiger partial charge in [-0.25, -0.2) is 0 Å². The van der Waals surface area contributed by atoms with Crippen molar-refractivity contribution >= 4 is 28.1 Å². The third-order valence-electron chi connectivity index (χ3n) is 2.66. The molecule has 0 bridgehead atoms. The molecule has 1 N–H and O–H groups in total. The molecule has 2 aromatic rings. The lowest BCUT2D eigenvalue weighted by molar-refractivity contribution is -0.107. The van der Waals surface area contributed by atoms with E-state index in [9.17, 15) is 9.59 Å². The lowest BCUT2D eigenvalue weighted by Crippen LogP contribution is -2.25. The van der Waals surface area contributed by atoms with Gasteiger partial charge in [0.2, 0.25) is 0 Å². The van der Waals surface area contributed by atoms with Crippen LogP contribution >= 0.6 is 15.9 Å². The molecule has 0 spiro atoms. The van der Waals surface area contributed by atoms with Crippen molar-refractivity contribution in [2.24, 2.45) is 0 Å². The Morgan fingerprint density at radius 3 is 2.43 bits per heavy atom. The van der Waals surface area contributed by atoms with Crippen molar-refractivity contribution in [3.8, 4) is 11.1 Å². The van der Waals surface area contributed by atoms with Crippen LogP contribution in [0, 0.1) is 0 Å². The van der Waals surface area contributed by atoms with Crippen LogP contribution in [0.3, 0.4) is 0 Å². The first-order chi connectivity index (χ1) is 10.2. The van der Waals surface area contributed by atoms with Gasteiger partial charge in [-0.05, 0) is 29.3 Å². The smallest absolute Gasteiger partial charge is 0.252 e. The minimum atomic E-state index is -0.251. The fourth-order valence-corrected chi connectivity index (χ4v) is 2.16. The normalized spacial score (nSPS) is 9.29. The Morgan fingerprint density at radius 1 is 1.14 bits per heavy atom. The third kappa shape index (κ3) is 4.83. The molecule has 2 rings (SSSR count). The van der Waals surface area contributed by atoms with E-state index in [0.717, 1.165) is 15.6 Å². The molecule has 0 atom stereocenters. The van der Waals surface area contributed by atoms with E-state index in [-0.39, 0.29) is 12.5 Å². The number of aldehydes is 1. The quantitative estimate of drug-likeness (QED) is 0.847. The Bertz CT molecular complexity index is 597. The van der Waals surface area contributed by atoms with E-state index < -0.39 is 0 Å². The summed E-state index contributed by atoms with van der Waals surface area (Å²) in [5.74, 6) is -0.251. The highest BCUT2D eigenvalue weighted by Crippen LogP contribution is 2.27. The predicted octanol–water partition coefficient (Wildman–Crippen LogP) is 4.07. The van der Waals surface area contributed by atoms with Crippen molar-refractivity contribution in [3.05, 3.63) is 58.6 Å². The van der Waals surface area contributed by atoms with Crippen LogP contribution in [0.25, 0.3) is 11.1 Å². The standard InChI is InChI=1S/C15H12BrNO2.C2H6/c16-12-6-7-13(15(19)17-8-9-18)14(10-12)11-4-2-1-3-5-11;1-2/h1-7,9-10H,8H2,(H,17,19);1-2H3. The lowest BCUT2D eigenvalue weighted by Gasteiger charge is -2.10. The van der Waals surface area contributed by atoms with E-state index in [1.54, 1.807) is 6.07 Å². The molecule has 21 heavy (non-hydrogen) atoms. The molecule has 0 fully saturated rings. The highest BCUT2D eigenvalue weighted by atomic mass is 79.9. The minimum Gasteiger partial charge on any atom is -0.345 e.